The smallest absolute Gasteiger partial charge is 0.0553 e. The summed E-state index contributed by atoms with van der Waals surface area (Å²) in [5, 5.41) is 0. The number of nitrogens with zero attached hydrogens (tertiary/aromatic N) is 2. The summed E-state index contributed by atoms with van der Waals surface area (Å²) in [6.07, 6.45) is 6.04. The van der Waals surface area contributed by atoms with Crippen LogP contribution in [-0.2, 0) is 0 Å². The number of piperidine rings is 1. The molecule has 0 aromatic carbocycles. The summed E-state index contributed by atoms with van der Waals surface area (Å²) < 4.78 is 0. The van der Waals surface area contributed by atoms with Crippen molar-refractivity contribution in [1.29, 1.82) is 0 Å². The molecule has 3 heteroatoms. The van der Waals surface area contributed by atoms with E-state index in [0.717, 1.165) is 19.5 Å². The van der Waals surface area contributed by atoms with Gasteiger partial charge in [-0.25, -0.2) is 0 Å². The summed E-state index contributed by atoms with van der Waals surface area (Å²) in [6, 6.07) is 4.38. The van der Waals surface area contributed by atoms with E-state index in [2.05, 4.69) is 16.0 Å². The van der Waals surface area contributed by atoms with Crippen LogP contribution in [0.3, 0.4) is 0 Å². The van der Waals surface area contributed by atoms with Crippen molar-refractivity contribution in [3.8, 4) is 0 Å². The number of aromatic nitrogens is 1. The summed E-state index contributed by atoms with van der Waals surface area (Å²) in [4.78, 5) is 6.41. The Balaban J connectivity index is 2.08. The Kier molecular flexibility index (Phi) is 2.45. The van der Waals surface area contributed by atoms with E-state index in [-0.39, 0.29) is 0 Å². The number of hydrogen-bond donors (Lipinski definition) is 1. The van der Waals surface area contributed by atoms with Gasteiger partial charge in [0, 0.05) is 25.3 Å². The number of pyridine rings is 1. The highest BCUT2D eigenvalue weighted by molar-refractivity contribution is 5.44. The molecule has 1 aliphatic heterocycles. The zero-order valence-corrected chi connectivity index (χ0v) is 7.69. The minimum absolute atomic E-state index is 0.328. The summed E-state index contributed by atoms with van der Waals surface area (Å²) in [7, 11) is 0. The molecule has 1 atom stereocenters. The lowest BCUT2D eigenvalue weighted by atomic mass is 10.1. The minimum atomic E-state index is 0.328. The monoisotopic (exact) mass is 177 g/mol. The lowest BCUT2D eigenvalue weighted by Crippen LogP contribution is -2.42. The average molecular weight is 177 g/mol. The largest absolute Gasteiger partial charge is 0.369 e. The van der Waals surface area contributed by atoms with Crippen molar-refractivity contribution in [2.75, 3.05) is 18.0 Å². The molecule has 13 heavy (non-hydrogen) atoms. The lowest BCUT2D eigenvalue weighted by Gasteiger charge is -2.32. The Morgan fingerprint density at radius 2 is 2.46 bits per heavy atom. The molecule has 1 fully saturated rings. The van der Waals surface area contributed by atoms with Gasteiger partial charge in [-0.05, 0) is 25.0 Å². The number of nitrogens with two attached hydrogens (primary N) is 1. The standard InChI is InChI=1S/C10H15N3/c11-9-3-2-6-13(8-9)10-4-1-5-12-7-10/h1,4-5,7,9H,2-3,6,8,11H2. The van der Waals surface area contributed by atoms with Crippen LogP contribution in [0.2, 0.25) is 0 Å². The number of hydrogen-bond acceptors (Lipinski definition) is 3. The van der Waals surface area contributed by atoms with Gasteiger partial charge in [0.25, 0.3) is 0 Å². The molecule has 1 aromatic rings. The van der Waals surface area contributed by atoms with E-state index in [9.17, 15) is 0 Å². The van der Waals surface area contributed by atoms with Crippen LogP contribution in [-0.4, -0.2) is 24.1 Å². The second-order valence-corrected chi connectivity index (χ2v) is 3.56. The van der Waals surface area contributed by atoms with Crippen molar-refractivity contribution in [2.24, 2.45) is 5.73 Å². The van der Waals surface area contributed by atoms with Crippen LogP contribution in [0.1, 0.15) is 12.8 Å². The van der Waals surface area contributed by atoms with E-state index in [1.165, 1.54) is 12.1 Å². The van der Waals surface area contributed by atoms with Gasteiger partial charge in [-0.3, -0.25) is 4.98 Å². The molecule has 1 saturated heterocycles. The number of rotatable bonds is 1. The fraction of sp³-hybridized carbons (Fsp3) is 0.500. The molecule has 0 aliphatic carbocycles. The molecule has 1 aromatic heterocycles. The fourth-order valence-corrected chi connectivity index (χ4v) is 1.79. The van der Waals surface area contributed by atoms with Gasteiger partial charge in [-0.1, -0.05) is 0 Å². The van der Waals surface area contributed by atoms with Gasteiger partial charge in [-0.2, -0.15) is 0 Å². The van der Waals surface area contributed by atoms with E-state index >= 15 is 0 Å². The molecular formula is C10H15N3. The van der Waals surface area contributed by atoms with Crippen molar-refractivity contribution in [2.45, 2.75) is 18.9 Å². The zero-order chi connectivity index (χ0) is 9.10. The maximum absolute atomic E-state index is 5.90. The zero-order valence-electron chi connectivity index (χ0n) is 7.69. The molecule has 2 N–H and O–H groups in total. The normalized spacial score (nSPS) is 23.2. The molecule has 0 amide bonds. The van der Waals surface area contributed by atoms with Gasteiger partial charge in [0.2, 0.25) is 0 Å². The molecule has 70 valence electrons. The molecule has 1 unspecified atom stereocenters. The fourth-order valence-electron chi connectivity index (χ4n) is 1.79. The van der Waals surface area contributed by atoms with Crippen LogP contribution in [0.5, 0.6) is 0 Å². The van der Waals surface area contributed by atoms with Crippen molar-refractivity contribution < 1.29 is 0 Å². The SMILES string of the molecule is NC1CCCN(c2cccnc2)C1. The third-order valence-corrected chi connectivity index (χ3v) is 2.47. The van der Waals surface area contributed by atoms with Gasteiger partial charge in [-0.15, -0.1) is 0 Å². The molecular weight excluding hydrogens is 162 g/mol. The highest BCUT2D eigenvalue weighted by atomic mass is 15.2. The van der Waals surface area contributed by atoms with Crippen LogP contribution < -0.4 is 10.6 Å². The summed E-state index contributed by atoms with van der Waals surface area (Å²) in [6.45, 7) is 2.07. The van der Waals surface area contributed by atoms with Crippen molar-refractivity contribution >= 4 is 5.69 Å². The van der Waals surface area contributed by atoms with Gasteiger partial charge < -0.3 is 10.6 Å². The first-order valence-corrected chi connectivity index (χ1v) is 4.77. The van der Waals surface area contributed by atoms with Gasteiger partial charge in [0.15, 0.2) is 0 Å². The van der Waals surface area contributed by atoms with Gasteiger partial charge in [0.1, 0.15) is 0 Å². The molecule has 0 saturated carbocycles. The van der Waals surface area contributed by atoms with Crippen LogP contribution in [0.4, 0.5) is 5.69 Å². The van der Waals surface area contributed by atoms with Crippen LogP contribution in [0.15, 0.2) is 24.5 Å². The molecule has 1 aliphatic rings. The Bertz CT molecular complexity index is 260. The summed E-state index contributed by atoms with van der Waals surface area (Å²) in [5.41, 5.74) is 7.09. The quantitative estimate of drug-likeness (QED) is 0.696. The summed E-state index contributed by atoms with van der Waals surface area (Å²) in [5.74, 6) is 0. The Labute approximate surface area is 78.6 Å². The third kappa shape index (κ3) is 1.98. The van der Waals surface area contributed by atoms with E-state index in [1.54, 1.807) is 6.20 Å². The van der Waals surface area contributed by atoms with E-state index in [4.69, 9.17) is 5.73 Å². The first kappa shape index (κ1) is 8.51. The highest BCUT2D eigenvalue weighted by Crippen LogP contribution is 2.17. The van der Waals surface area contributed by atoms with Crippen LogP contribution in [0, 0.1) is 0 Å². The van der Waals surface area contributed by atoms with Crippen LogP contribution >= 0.6 is 0 Å². The topological polar surface area (TPSA) is 42.1 Å². The predicted octanol–water partition coefficient (Wildman–Crippen LogP) is 1.01. The second kappa shape index (κ2) is 3.75. The lowest BCUT2D eigenvalue weighted by molar-refractivity contribution is 0.506. The Hall–Kier alpha value is -1.09. The van der Waals surface area contributed by atoms with E-state index in [0.29, 0.717) is 6.04 Å². The maximum atomic E-state index is 5.90. The molecule has 2 heterocycles. The molecule has 0 radical (unpaired) electrons. The van der Waals surface area contributed by atoms with E-state index in [1.807, 2.05) is 12.3 Å². The molecule has 0 spiro atoms. The second-order valence-electron chi connectivity index (χ2n) is 3.56. The molecule has 2 rings (SSSR count). The highest BCUT2D eigenvalue weighted by Gasteiger charge is 2.16. The molecule has 3 nitrogen and oxygen atoms in total. The maximum Gasteiger partial charge on any atom is 0.0553 e. The van der Waals surface area contributed by atoms with Crippen molar-refractivity contribution in [1.82, 2.24) is 4.98 Å². The number of anilines is 1. The predicted molar refractivity (Wildman–Crippen MR) is 53.7 cm³/mol. The Morgan fingerprint density at radius 3 is 3.15 bits per heavy atom. The first-order chi connectivity index (χ1) is 6.36. The van der Waals surface area contributed by atoms with Crippen molar-refractivity contribution in [3.05, 3.63) is 24.5 Å². The average Bonchev–Trinajstić information content (AvgIpc) is 2.19. The molecule has 0 bridgehead atoms. The Morgan fingerprint density at radius 1 is 1.54 bits per heavy atom. The van der Waals surface area contributed by atoms with Crippen molar-refractivity contribution in [3.63, 3.8) is 0 Å². The summed E-state index contributed by atoms with van der Waals surface area (Å²) >= 11 is 0. The third-order valence-electron chi connectivity index (χ3n) is 2.47. The first-order valence-electron chi connectivity index (χ1n) is 4.77. The van der Waals surface area contributed by atoms with Gasteiger partial charge in [0.05, 0.1) is 11.9 Å². The minimum Gasteiger partial charge on any atom is -0.369 e. The van der Waals surface area contributed by atoms with Gasteiger partial charge >= 0.3 is 0 Å². The van der Waals surface area contributed by atoms with Crippen LogP contribution in [0.25, 0.3) is 0 Å². The van der Waals surface area contributed by atoms with E-state index < -0.39 is 0 Å².